The van der Waals surface area contributed by atoms with Gasteiger partial charge in [-0.3, -0.25) is 9.78 Å². The zero-order valence-corrected chi connectivity index (χ0v) is 14.8. The average Bonchev–Trinajstić information content (AvgIpc) is 3.03. The Morgan fingerprint density at radius 1 is 1.26 bits per heavy atom. The van der Waals surface area contributed by atoms with E-state index in [1.807, 2.05) is 0 Å². The van der Waals surface area contributed by atoms with Crippen LogP contribution in [-0.2, 0) is 16.1 Å². The lowest BCUT2D eigenvalue weighted by molar-refractivity contribution is -0.230. The summed E-state index contributed by atoms with van der Waals surface area (Å²) in [5.41, 5.74) is 1.49. The van der Waals surface area contributed by atoms with Crippen molar-refractivity contribution >= 4 is 29.6 Å². The van der Waals surface area contributed by atoms with E-state index in [9.17, 15) is 18.0 Å². The van der Waals surface area contributed by atoms with Gasteiger partial charge in [-0.05, 0) is 36.4 Å². The molecule has 0 saturated carbocycles. The summed E-state index contributed by atoms with van der Waals surface area (Å²) in [7, 11) is 1.18. The summed E-state index contributed by atoms with van der Waals surface area (Å²) in [6.07, 6.45) is -4.67. The number of nitrogens with zero attached hydrogens (tertiary/aromatic N) is 4. The fourth-order valence-corrected chi connectivity index (χ4v) is 2.57. The standard InChI is InChI=1S/C17H14ClF3N4O2/c1-24-16(17(19,20)21)27-15(23-24)11-2-5-13(22-8-11)9-25(10-26)14-6-3-12(18)4-7-14/h2-8,10,16H,9H2,1H3. The van der Waals surface area contributed by atoms with E-state index in [4.69, 9.17) is 16.3 Å². The van der Waals surface area contributed by atoms with Crippen LogP contribution < -0.4 is 4.90 Å². The number of aromatic nitrogens is 1. The lowest BCUT2D eigenvalue weighted by Gasteiger charge is -2.20. The molecule has 0 spiro atoms. The number of pyridine rings is 1. The van der Waals surface area contributed by atoms with Gasteiger partial charge in [-0.25, -0.2) is 5.01 Å². The molecule has 1 aromatic carbocycles. The van der Waals surface area contributed by atoms with E-state index < -0.39 is 12.4 Å². The zero-order valence-electron chi connectivity index (χ0n) is 14.0. The van der Waals surface area contributed by atoms with E-state index in [-0.39, 0.29) is 12.4 Å². The van der Waals surface area contributed by atoms with Gasteiger partial charge in [0, 0.05) is 24.0 Å². The van der Waals surface area contributed by atoms with Crippen LogP contribution in [0.15, 0.2) is 47.7 Å². The smallest absolute Gasteiger partial charge is 0.441 e. The molecule has 0 bridgehead atoms. The Morgan fingerprint density at radius 2 is 1.96 bits per heavy atom. The number of ether oxygens (including phenoxy) is 1. The van der Waals surface area contributed by atoms with Crippen molar-refractivity contribution in [2.24, 2.45) is 5.10 Å². The minimum absolute atomic E-state index is 0.163. The number of hydrogen-bond acceptors (Lipinski definition) is 5. The third-order valence-corrected chi connectivity index (χ3v) is 4.03. The molecule has 10 heteroatoms. The molecule has 0 N–H and O–H groups in total. The Hall–Kier alpha value is -2.81. The van der Waals surface area contributed by atoms with E-state index >= 15 is 0 Å². The molecule has 1 aliphatic rings. The van der Waals surface area contributed by atoms with Gasteiger partial charge in [0.1, 0.15) is 0 Å². The monoisotopic (exact) mass is 398 g/mol. The Labute approximate surface area is 157 Å². The van der Waals surface area contributed by atoms with E-state index in [0.717, 1.165) is 0 Å². The van der Waals surface area contributed by atoms with Crippen LogP contribution in [0.4, 0.5) is 18.9 Å². The molecular weight excluding hydrogens is 385 g/mol. The topological polar surface area (TPSA) is 58.0 Å². The summed E-state index contributed by atoms with van der Waals surface area (Å²) >= 11 is 5.83. The van der Waals surface area contributed by atoms with Gasteiger partial charge >= 0.3 is 6.18 Å². The molecule has 2 aromatic rings. The van der Waals surface area contributed by atoms with Crippen molar-refractivity contribution in [3.05, 3.63) is 58.9 Å². The summed E-state index contributed by atoms with van der Waals surface area (Å²) in [6, 6.07) is 9.84. The van der Waals surface area contributed by atoms with Crippen LogP contribution in [0.1, 0.15) is 11.3 Å². The number of halogens is 4. The number of anilines is 1. The van der Waals surface area contributed by atoms with Crippen molar-refractivity contribution in [1.29, 1.82) is 0 Å². The third kappa shape index (κ3) is 4.30. The summed E-state index contributed by atoms with van der Waals surface area (Å²) in [5, 5.41) is 5.01. The lowest BCUT2D eigenvalue weighted by atomic mass is 10.2. The molecule has 0 aliphatic carbocycles. The van der Waals surface area contributed by atoms with Gasteiger partial charge in [-0.1, -0.05) is 11.6 Å². The van der Waals surface area contributed by atoms with Gasteiger partial charge in [0.15, 0.2) is 0 Å². The number of hydrazone groups is 1. The first-order valence-electron chi connectivity index (χ1n) is 7.75. The average molecular weight is 399 g/mol. The normalized spacial score (nSPS) is 16.7. The van der Waals surface area contributed by atoms with Crippen LogP contribution >= 0.6 is 11.6 Å². The summed E-state index contributed by atoms with van der Waals surface area (Å²) in [4.78, 5) is 17.0. The predicted octanol–water partition coefficient (Wildman–Crippen LogP) is 3.41. The van der Waals surface area contributed by atoms with Gasteiger partial charge in [0.2, 0.25) is 12.3 Å². The van der Waals surface area contributed by atoms with E-state index in [0.29, 0.717) is 33.4 Å². The fraction of sp³-hybridized carbons (Fsp3) is 0.235. The molecule has 3 rings (SSSR count). The summed E-state index contributed by atoms with van der Waals surface area (Å²) in [6.45, 7) is 0.184. The molecule has 1 atom stereocenters. The molecule has 27 heavy (non-hydrogen) atoms. The van der Waals surface area contributed by atoms with Crippen molar-refractivity contribution in [2.75, 3.05) is 11.9 Å². The molecule has 142 valence electrons. The van der Waals surface area contributed by atoms with Crippen molar-refractivity contribution in [1.82, 2.24) is 9.99 Å². The molecule has 1 amide bonds. The zero-order chi connectivity index (χ0) is 19.6. The van der Waals surface area contributed by atoms with Gasteiger partial charge in [0.05, 0.1) is 17.8 Å². The molecule has 1 unspecified atom stereocenters. The highest BCUT2D eigenvalue weighted by Gasteiger charge is 2.48. The SMILES string of the molecule is CN1N=C(c2ccc(CN(C=O)c3ccc(Cl)cc3)nc2)OC1C(F)(F)F. The second-order valence-electron chi connectivity index (χ2n) is 5.74. The lowest BCUT2D eigenvalue weighted by Crippen LogP contribution is -2.39. The van der Waals surface area contributed by atoms with Crippen molar-refractivity contribution in [3.8, 4) is 0 Å². The number of alkyl halides is 3. The quantitative estimate of drug-likeness (QED) is 0.724. The van der Waals surface area contributed by atoms with Crippen LogP contribution in [0.2, 0.25) is 5.02 Å². The summed E-state index contributed by atoms with van der Waals surface area (Å²) in [5.74, 6) is -0.163. The molecule has 1 aliphatic heterocycles. The molecule has 6 nitrogen and oxygen atoms in total. The fourth-order valence-electron chi connectivity index (χ4n) is 2.45. The second kappa shape index (κ2) is 7.43. The van der Waals surface area contributed by atoms with Gasteiger partial charge in [0.25, 0.3) is 6.23 Å². The number of amides is 1. The Balaban J connectivity index is 1.71. The molecule has 0 radical (unpaired) electrons. The van der Waals surface area contributed by atoms with E-state index in [1.54, 1.807) is 36.4 Å². The first-order chi connectivity index (χ1) is 12.8. The van der Waals surface area contributed by atoms with Crippen LogP contribution in [0.5, 0.6) is 0 Å². The highest BCUT2D eigenvalue weighted by atomic mass is 35.5. The van der Waals surface area contributed by atoms with Gasteiger partial charge in [-0.2, -0.15) is 13.2 Å². The minimum Gasteiger partial charge on any atom is -0.441 e. The van der Waals surface area contributed by atoms with Crippen molar-refractivity contribution in [3.63, 3.8) is 0 Å². The Bertz CT molecular complexity index is 841. The van der Waals surface area contributed by atoms with Gasteiger partial charge in [-0.15, -0.1) is 5.10 Å². The Morgan fingerprint density at radius 3 is 2.48 bits per heavy atom. The maximum atomic E-state index is 12.8. The first-order valence-corrected chi connectivity index (χ1v) is 8.13. The van der Waals surface area contributed by atoms with Crippen LogP contribution in [0.3, 0.4) is 0 Å². The highest BCUT2D eigenvalue weighted by molar-refractivity contribution is 6.30. The highest BCUT2D eigenvalue weighted by Crippen LogP contribution is 2.30. The second-order valence-corrected chi connectivity index (χ2v) is 6.18. The largest absolute Gasteiger partial charge is 0.447 e. The van der Waals surface area contributed by atoms with Crippen molar-refractivity contribution < 1.29 is 22.7 Å². The van der Waals surface area contributed by atoms with Crippen LogP contribution in [-0.4, -0.2) is 41.8 Å². The van der Waals surface area contributed by atoms with Crippen LogP contribution in [0, 0.1) is 0 Å². The molecule has 1 aromatic heterocycles. The number of rotatable bonds is 5. The Kier molecular flexibility index (Phi) is 5.22. The molecule has 0 saturated heterocycles. The maximum absolute atomic E-state index is 12.8. The van der Waals surface area contributed by atoms with Gasteiger partial charge < -0.3 is 9.64 Å². The predicted molar refractivity (Wildman–Crippen MR) is 93.2 cm³/mol. The summed E-state index contributed by atoms with van der Waals surface area (Å²) < 4.78 is 43.4. The third-order valence-electron chi connectivity index (χ3n) is 3.78. The first kappa shape index (κ1) is 19.0. The number of benzene rings is 1. The minimum atomic E-state index is -4.56. The maximum Gasteiger partial charge on any atom is 0.447 e. The van der Waals surface area contributed by atoms with Crippen molar-refractivity contribution in [2.45, 2.75) is 18.9 Å². The molecule has 0 fully saturated rings. The number of carbonyl (C=O) groups excluding carboxylic acids is 1. The molecular formula is C17H14ClF3N4O2. The number of hydrogen-bond donors (Lipinski definition) is 0. The van der Waals surface area contributed by atoms with Crippen LogP contribution in [0.25, 0.3) is 0 Å². The number of carbonyl (C=O) groups is 1. The molecule has 2 heterocycles. The van der Waals surface area contributed by atoms with E-state index in [2.05, 4.69) is 10.1 Å². The van der Waals surface area contributed by atoms with E-state index in [1.165, 1.54) is 18.1 Å².